The molecule has 0 spiro atoms. The van der Waals surface area contributed by atoms with Crippen LogP contribution in [0, 0.1) is 34.9 Å². The maximum atomic E-state index is 14.1. The average Bonchev–Trinajstić information content (AvgIpc) is 3.15. The second-order valence-electron chi connectivity index (χ2n) is 14.5. The lowest BCUT2D eigenvalue weighted by Gasteiger charge is -2.26. The van der Waals surface area contributed by atoms with E-state index < -0.39 is 76.5 Å². The van der Waals surface area contributed by atoms with Crippen LogP contribution in [0.4, 0.5) is 26.3 Å². The highest BCUT2D eigenvalue weighted by Crippen LogP contribution is 2.22. The highest BCUT2D eigenvalue weighted by atomic mass is 19.2. The Balaban J connectivity index is 0.00000100. The van der Waals surface area contributed by atoms with E-state index in [1.807, 2.05) is 74.5 Å². The van der Waals surface area contributed by atoms with Crippen molar-refractivity contribution in [2.24, 2.45) is 0 Å². The molecule has 0 aromatic heterocycles. The van der Waals surface area contributed by atoms with Gasteiger partial charge in [-0.3, -0.25) is 9.59 Å². The highest BCUT2D eigenvalue weighted by Gasteiger charge is 2.24. The van der Waals surface area contributed by atoms with Crippen molar-refractivity contribution >= 4 is 23.9 Å². The van der Waals surface area contributed by atoms with Crippen molar-refractivity contribution in [1.29, 1.82) is 0 Å². The van der Waals surface area contributed by atoms with E-state index in [1.165, 1.54) is 0 Å². The lowest BCUT2D eigenvalue weighted by Crippen LogP contribution is -2.37. The first kappa shape index (κ1) is 53.0. The van der Waals surface area contributed by atoms with E-state index in [2.05, 4.69) is 10.6 Å². The molecule has 0 aliphatic rings. The predicted octanol–water partition coefficient (Wildman–Crippen LogP) is 9.53. The van der Waals surface area contributed by atoms with Crippen molar-refractivity contribution in [2.45, 2.75) is 97.5 Å². The third-order valence-corrected chi connectivity index (χ3v) is 8.30. The molecule has 0 heterocycles. The van der Waals surface area contributed by atoms with Crippen LogP contribution in [0.25, 0.3) is 0 Å². The van der Waals surface area contributed by atoms with Gasteiger partial charge in [0.25, 0.3) is 0 Å². The third kappa shape index (κ3) is 20.7. The van der Waals surface area contributed by atoms with Crippen LogP contribution in [0.15, 0.2) is 97.1 Å². The van der Waals surface area contributed by atoms with Crippen LogP contribution < -0.4 is 10.6 Å². The van der Waals surface area contributed by atoms with Crippen LogP contribution in [-0.2, 0) is 36.8 Å². The Morgan fingerprint density at radius 1 is 0.607 bits per heavy atom. The molecule has 10 nitrogen and oxygen atoms in total. The number of carbonyl (C=O) groups excluding carboxylic acids is 1. The van der Waals surface area contributed by atoms with Crippen LogP contribution in [0.1, 0.15) is 90.7 Å². The molecule has 4 atom stereocenters. The van der Waals surface area contributed by atoms with Crippen molar-refractivity contribution in [3.63, 3.8) is 0 Å². The molecule has 0 saturated carbocycles. The van der Waals surface area contributed by atoms with Gasteiger partial charge in [-0.25, -0.2) is 35.9 Å². The van der Waals surface area contributed by atoms with Crippen LogP contribution in [0.2, 0.25) is 0 Å². The van der Waals surface area contributed by atoms with E-state index in [-0.39, 0.29) is 57.7 Å². The van der Waals surface area contributed by atoms with Gasteiger partial charge in [0, 0.05) is 49.9 Å². The summed E-state index contributed by atoms with van der Waals surface area (Å²) in [4.78, 5) is 42.5. The number of benzene rings is 4. The molecule has 0 aliphatic carbocycles. The summed E-state index contributed by atoms with van der Waals surface area (Å²) in [6.07, 6.45) is 0.763. The molecule has 0 fully saturated rings. The third-order valence-electron chi connectivity index (χ3n) is 8.30. The van der Waals surface area contributed by atoms with Gasteiger partial charge in [-0.1, -0.05) is 68.1 Å². The molecule has 4 aromatic rings. The fourth-order valence-electron chi connectivity index (χ4n) is 5.67. The number of hydrogen-bond donors (Lipinski definition) is 5. The number of rotatable bonds is 16. The van der Waals surface area contributed by atoms with E-state index >= 15 is 0 Å². The predicted molar refractivity (Wildman–Crippen MR) is 220 cm³/mol. The number of hydrogen-bond acceptors (Lipinski definition) is 7. The molecule has 4 rings (SSSR count). The first-order valence-corrected chi connectivity index (χ1v) is 18.5. The lowest BCUT2D eigenvalue weighted by atomic mass is 9.99. The molecule has 5 N–H and O–H groups in total. The van der Waals surface area contributed by atoms with Crippen molar-refractivity contribution in [3.05, 3.63) is 154 Å². The van der Waals surface area contributed by atoms with Gasteiger partial charge in [0.05, 0.1) is 12.8 Å². The first-order chi connectivity index (χ1) is 28.0. The van der Waals surface area contributed by atoms with Crippen LogP contribution in [-0.4, -0.2) is 56.9 Å². The molecule has 334 valence electrons. The summed E-state index contributed by atoms with van der Waals surface area (Å²) in [5, 5.41) is 31.1. The van der Waals surface area contributed by atoms with E-state index in [4.69, 9.17) is 20.1 Å². The number of carboxylic acid groups (broad SMARTS) is 3. The van der Waals surface area contributed by atoms with Crippen LogP contribution >= 0.6 is 0 Å². The minimum absolute atomic E-state index is 0. The van der Waals surface area contributed by atoms with Gasteiger partial charge in [-0.15, -0.1) is 0 Å². The molecule has 0 saturated heterocycles. The largest absolute Gasteiger partial charge is 0.481 e. The van der Waals surface area contributed by atoms with Crippen molar-refractivity contribution in [2.75, 3.05) is 0 Å². The second kappa shape index (κ2) is 25.6. The molecule has 4 aromatic carbocycles. The van der Waals surface area contributed by atoms with Gasteiger partial charge in [0.1, 0.15) is 17.2 Å². The molecule has 61 heavy (non-hydrogen) atoms. The topological polar surface area (TPSA) is 162 Å². The molecule has 0 aliphatic heterocycles. The zero-order chi connectivity index (χ0) is 45.2. The Hall–Kier alpha value is -6.00. The summed E-state index contributed by atoms with van der Waals surface area (Å²) in [6.45, 7) is 9.05. The summed E-state index contributed by atoms with van der Waals surface area (Å²) in [7, 11) is 0. The van der Waals surface area contributed by atoms with E-state index in [0.717, 1.165) is 23.3 Å². The Morgan fingerprint density at radius 3 is 1.28 bits per heavy atom. The minimum atomic E-state index is -1.27. The molecular weight excluding hydrogens is 810 g/mol. The van der Waals surface area contributed by atoms with Gasteiger partial charge in [-0.2, -0.15) is 0 Å². The SMILES string of the molecule is C.C[C@@H](N[C@@H](CC(=O)O)Cc1cc(F)c(F)cc1F)c1ccccc1.C[C@@H](N[C@@H](CC(=O)OC(C)(C)C)Cc1cc(F)c(F)cc1F)c1ccccc1.O=C(O)/C=C\C(=O)O.[2HH]. The number of esters is 1. The fourth-order valence-corrected chi connectivity index (χ4v) is 5.67. The zero-order valence-electron chi connectivity index (χ0n) is 33.5. The maximum Gasteiger partial charge on any atom is 0.328 e. The highest BCUT2D eigenvalue weighted by molar-refractivity contribution is 5.89. The molecule has 0 amide bonds. The van der Waals surface area contributed by atoms with Crippen LogP contribution in [0.5, 0.6) is 0 Å². The van der Waals surface area contributed by atoms with Gasteiger partial charge in [0.2, 0.25) is 0 Å². The number of carbonyl (C=O) groups is 4. The van der Waals surface area contributed by atoms with Crippen molar-refractivity contribution in [1.82, 2.24) is 10.6 Å². The molecule has 0 bridgehead atoms. The summed E-state index contributed by atoms with van der Waals surface area (Å²) in [5.74, 6) is -10.5. The van der Waals surface area contributed by atoms with Gasteiger partial charge in [0.15, 0.2) is 23.3 Å². The van der Waals surface area contributed by atoms with E-state index in [9.17, 15) is 45.5 Å². The Kier molecular flexibility index (Phi) is 22.2. The smallest absolute Gasteiger partial charge is 0.328 e. The van der Waals surface area contributed by atoms with Gasteiger partial charge in [-0.05, 0) is 81.8 Å². The van der Waals surface area contributed by atoms with Gasteiger partial charge < -0.3 is 30.7 Å². The monoisotopic (exact) mass is 865 g/mol. The summed E-state index contributed by atoms with van der Waals surface area (Å²) >= 11 is 0. The summed E-state index contributed by atoms with van der Waals surface area (Å²) < 4.78 is 86.4. The number of halogens is 6. The molecular formula is C45H54F6N2O8. The summed E-state index contributed by atoms with van der Waals surface area (Å²) in [5.41, 5.74) is 1.22. The molecule has 0 unspecified atom stereocenters. The van der Waals surface area contributed by atoms with Crippen LogP contribution in [0.3, 0.4) is 0 Å². The Morgan fingerprint density at radius 2 is 0.951 bits per heavy atom. The number of aliphatic carboxylic acids is 3. The Bertz CT molecular complexity index is 2060. The van der Waals surface area contributed by atoms with E-state index in [1.54, 1.807) is 20.8 Å². The van der Waals surface area contributed by atoms with E-state index in [0.29, 0.717) is 24.3 Å². The van der Waals surface area contributed by atoms with Gasteiger partial charge >= 0.3 is 23.9 Å². The average molecular weight is 866 g/mol. The number of nitrogens with one attached hydrogen (secondary N) is 2. The molecule has 16 heteroatoms. The summed E-state index contributed by atoms with van der Waals surface area (Å²) in [6, 6.07) is 20.0. The number of ether oxygens (including phenoxy) is 1. The standard InChI is InChI=1S/C22H26F3NO2.C18H18F3NO2.C4H4O4.CH4.H2/c1-14(15-8-6-5-7-9-15)26-17(12-21(27)28-22(2,3)4)10-16-11-19(24)20(25)13-18(16)23;1-11(12-5-3-2-4-6-12)22-14(9-18(23)24)7-13-8-16(20)17(21)10-15(13)19;5-3(6)1-2-4(7)8;;/h5-9,11,13-14,17,26H,10,12H2,1-4H3;2-6,8,10-11,14,22H,7,9H2,1H3,(H,23,24);1-2H,(H,5,6)(H,7,8);1H4;1H/b;;2-1-;;/t14-,17-;11-,14-;;;/m11.../s1/i;;;;1+1. The number of carboxylic acids is 3. The lowest BCUT2D eigenvalue weighted by molar-refractivity contribution is -0.155. The Labute approximate surface area is 352 Å². The fraction of sp³-hybridized carbons (Fsp3) is 0.333. The first-order valence-electron chi connectivity index (χ1n) is 18.5. The zero-order valence-corrected chi connectivity index (χ0v) is 33.5. The van der Waals surface area contributed by atoms with Crippen molar-refractivity contribution < 1.29 is 67.0 Å². The quantitative estimate of drug-likeness (QED) is 0.0318. The normalized spacial score (nSPS) is 12.9. The minimum Gasteiger partial charge on any atom is -0.481 e. The second-order valence-corrected chi connectivity index (χ2v) is 14.5. The molecule has 0 radical (unpaired) electrons. The van der Waals surface area contributed by atoms with Crippen molar-refractivity contribution in [3.8, 4) is 0 Å². The maximum absolute atomic E-state index is 14.1.